The zero-order chi connectivity index (χ0) is 29.2. The number of aryl methyl sites for hydroxylation is 2. The average molecular weight is 569 g/mol. The normalized spacial score (nSPS) is 13.4. The van der Waals surface area contributed by atoms with E-state index in [2.05, 4.69) is 11.9 Å². The van der Waals surface area contributed by atoms with Crippen molar-refractivity contribution in [1.29, 1.82) is 0 Å². The first-order chi connectivity index (χ1) is 18.3. The van der Waals surface area contributed by atoms with E-state index in [-0.39, 0.29) is 17.6 Å². The third kappa shape index (κ3) is 11.1. The van der Waals surface area contributed by atoms with E-state index in [0.29, 0.717) is 23.8 Å². The molecule has 212 valence electrons. The Morgan fingerprint density at radius 2 is 1.54 bits per heavy atom. The van der Waals surface area contributed by atoms with Crippen molar-refractivity contribution in [3.05, 3.63) is 113 Å². The van der Waals surface area contributed by atoms with Gasteiger partial charge in [0.1, 0.15) is 0 Å². The molecule has 2 nitrogen and oxygen atoms in total. The second-order valence-corrected chi connectivity index (χ2v) is 10.6. The van der Waals surface area contributed by atoms with E-state index in [9.17, 15) is 26.3 Å². The van der Waals surface area contributed by atoms with Crippen molar-refractivity contribution in [2.75, 3.05) is 0 Å². The van der Waals surface area contributed by atoms with Crippen LogP contribution in [0.5, 0.6) is 0 Å². The summed E-state index contributed by atoms with van der Waals surface area (Å²) in [5.41, 5.74) is 10.1. The largest absolute Gasteiger partial charge is 0.401 e. The highest BCUT2D eigenvalue weighted by Gasteiger charge is 2.24. The number of hydrogen-bond acceptors (Lipinski definition) is 2. The Labute approximate surface area is 228 Å². The van der Waals surface area contributed by atoms with E-state index in [1.165, 1.54) is 12.1 Å². The molecule has 0 saturated carbocycles. The minimum Gasteiger partial charge on any atom is -0.401 e. The van der Waals surface area contributed by atoms with Crippen LogP contribution in [0.1, 0.15) is 60.2 Å². The summed E-state index contributed by atoms with van der Waals surface area (Å²) in [6, 6.07) is 21.0. The van der Waals surface area contributed by atoms with Gasteiger partial charge in [-0.2, -0.15) is 0 Å². The molecule has 0 radical (unpaired) electrons. The van der Waals surface area contributed by atoms with Gasteiger partial charge in [0.05, 0.1) is 6.04 Å². The molecule has 3 rings (SSSR count). The van der Waals surface area contributed by atoms with Gasteiger partial charge in [-0.3, -0.25) is 5.32 Å². The second kappa shape index (κ2) is 15.1. The number of rotatable bonds is 11. The topological polar surface area (TPSA) is 38.0 Å². The molecule has 9 heteroatoms. The van der Waals surface area contributed by atoms with Crippen molar-refractivity contribution in [2.24, 2.45) is 5.73 Å². The molecule has 0 aliphatic carbocycles. The van der Waals surface area contributed by atoms with Crippen molar-refractivity contribution in [2.45, 2.75) is 64.2 Å². The van der Waals surface area contributed by atoms with Crippen LogP contribution in [0.3, 0.4) is 0 Å². The summed E-state index contributed by atoms with van der Waals surface area (Å²) in [6.07, 6.45) is -3.36. The zero-order valence-electron chi connectivity index (χ0n) is 22.2. The fourth-order valence-electron chi connectivity index (χ4n) is 4.01. The van der Waals surface area contributed by atoms with E-state index in [1.807, 2.05) is 55.5 Å². The number of halogens is 6. The number of alkyl halides is 6. The van der Waals surface area contributed by atoms with Crippen molar-refractivity contribution >= 4 is 13.9 Å². The smallest absolute Gasteiger partial charge is 0.270 e. The average Bonchev–Trinajstić information content (AvgIpc) is 2.85. The highest BCUT2D eigenvalue weighted by atomic mass is 31.1. The standard InChI is InChI=1S/C28H31F4N2P.C2H4F2/c1-18-9-13-22(17-25(18)35-27(29)30)24(34-26(19(2)33)21-7-5-4-6-8-21)16-12-20-10-14-23(15-11-20)28(3,31)32;1-2(3)4/h4-11,13-15,17,24,26-27,34-35H,2,12,16,33H2,1,3H3;2H,1H3. The van der Waals surface area contributed by atoms with Crippen LogP contribution >= 0.6 is 8.58 Å². The first-order valence-corrected chi connectivity index (χ1v) is 13.5. The lowest BCUT2D eigenvalue weighted by molar-refractivity contribution is 0.0174. The summed E-state index contributed by atoms with van der Waals surface area (Å²) in [4.78, 5) is 0. The molecule has 0 bridgehead atoms. The van der Waals surface area contributed by atoms with Gasteiger partial charge in [-0.25, -0.2) is 26.3 Å². The second-order valence-electron chi connectivity index (χ2n) is 9.30. The fraction of sp³-hybridized carbons (Fsp3) is 0.333. The van der Waals surface area contributed by atoms with E-state index in [0.717, 1.165) is 36.1 Å². The molecule has 0 saturated heterocycles. The van der Waals surface area contributed by atoms with Crippen molar-refractivity contribution < 1.29 is 26.3 Å². The predicted molar refractivity (Wildman–Crippen MR) is 150 cm³/mol. The van der Waals surface area contributed by atoms with Gasteiger partial charge in [0.25, 0.3) is 12.1 Å². The summed E-state index contributed by atoms with van der Waals surface area (Å²) in [5.74, 6) is -2.89. The van der Waals surface area contributed by atoms with Gasteiger partial charge in [-0.05, 0) is 68.9 Å². The summed E-state index contributed by atoms with van der Waals surface area (Å²) in [7, 11) is -0.594. The monoisotopic (exact) mass is 568 g/mol. The quantitative estimate of drug-likeness (QED) is 0.180. The number of hydrogen-bond donors (Lipinski definition) is 2. The van der Waals surface area contributed by atoms with E-state index >= 15 is 0 Å². The molecule has 0 aliphatic heterocycles. The van der Waals surface area contributed by atoms with Gasteiger partial charge in [-0.1, -0.05) is 73.3 Å². The van der Waals surface area contributed by atoms with Crippen LogP contribution in [0.15, 0.2) is 85.1 Å². The highest BCUT2D eigenvalue weighted by Crippen LogP contribution is 2.30. The molecule has 0 heterocycles. The molecular formula is C30H35F6N2P. The number of benzene rings is 3. The van der Waals surface area contributed by atoms with E-state index in [4.69, 9.17) is 5.73 Å². The van der Waals surface area contributed by atoms with E-state index < -0.39 is 27.1 Å². The lowest BCUT2D eigenvalue weighted by atomic mass is 9.95. The Bertz CT molecular complexity index is 1160. The maximum atomic E-state index is 13.6. The highest BCUT2D eigenvalue weighted by molar-refractivity contribution is 7.47. The molecule has 0 spiro atoms. The SMILES string of the molecule is C=C(N)C(NC(CCc1ccc(C(C)(F)F)cc1)c1ccc(C)c(PC(F)F)c1)c1ccccc1.CC(F)F. The fourth-order valence-corrected chi connectivity index (χ4v) is 4.81. The number of nitrogens with two attached hydrogens (primary N) is 1. The van der Waals surface area contributed by atoms with Gasteiger partial charge in [0, 0.05) is 24.2 Å². The maximum Gasteiger partial charge on any atom is 0.270 e. The van der Waals surface area contributed by atoms with Crippen LogP contribution in [0, 0.1) is 6.92 Å². The molecular weight excluding hydrogens is 533 g/mol. The summed E-state index contributed by atoms with van der Waals surface area (Å²) >= 11 is 0. The molecule has 0 fully saturated rings. The van der Waals surface area contributed by atoms with Crippen LogP contribution in [0.2, 0.25) is 0 Å². The van der Waals surface area contributed by atoms with E-state index in [1.54, 1.807) is 12.1 Å². The molecule has 0 aliphatic rings. The van der Waals surface area contributed by atoms with Crippen LogP contribution in [0.4, 0.5) is 26.3 Å². The Morgan fingerprint density at radius 3 is 2.05 bits per heavy atom. The Morgan fingerprint density at radius 1 is 0.949 bits per heavy atom. The molecule has 3 aromatic rings. The molecule has 39 heavy (non-hydrogen) atoms. The maximum absolute atomic E-state index is 13.6. The van der Waals surface area contributed by atoms with Crippen LogP contribution in [-0.4, -0.2) is 12.6 Å². The molecule has 0 aromatic heterocycles. The minimum absolute atomic E-state index is 0.0318. The third-order valence-electron chi connectivity index (χ3n) is 5.98. The molecule has 3 aromatic carbocycles. The van der Waals surface area contributed by atoms with Gasteiger partial charge in [0.15, 0.2) is 0 Å². The Hall–Kier alpha value is -2.83. The first-order valence-electron chi connectivity index (χ1n) is 12.4. The summed E-state index contributed by atoms with van der Waals surface area (Å²) in [6.45, 7) is 7.49. The number of nitrogens with one attached hydrogen (secondary N) is 1. The Balaban J connectivity index is 0.00000124. The van der Waals surface area contributed by atoms with Crippen molar-refractivity contribution in [3.63, 3.8) is 0 Å². The summed E-state index contributed by atoms with van der Waals surface area (Å²) < 4.78 is 74.2. The van der Waals surface area contributed by atoms with Gasteiger partial charge >= 0.3 is 0 Å². The van der Waals surface area contributed by atoms with Crippen LogP contribution < -0.4 is 16.4 Å². The van der Waals surface area contributed by atoms with Crippen LogP contribution in [-0.2, 0) is 12.3 Å². The Kier molecular flexibility index (Phi) is 12.5. The van der Waals surface area contributed by atoms with Gasteiger partial charge in [0.2, 0.25) is 6.43 Å². The lowest BCUT2D eigenvalue weighted by Gasteiger charge is -2.27. The van der Waals surface area contributed by atoms with Crippen molar-refractivity contribution in [3.8, 4) is 0 Å². The molecule has 3 unspecified atom stereocenters. The molecule has 3 atom stereocenters. The first kappa shape index (κ1) is 32.4. The molecule has 0 amide bonds. The molecule has 3 N–H and O–H groups in total. The van der Waals surface area contributed by atoms with Gasteiger partial charge < -0.3 is 5.73 Å². The summed E-state index contributed by atoms with van der Waals surface area (Å²) in [5, 5.41) is 4.19. The lowest BCUT2D eigenvalue weighted by Crippen LogP contribution is -2.31. The van der Waals surface area contributed by atoms with Gasteiger partial charge in [-0.15, -0.1) is 0 Å². The minimum atomic E-state index is -2.89. The zero-order valence-corrected chi connectivity index (χ0v) is 23.2. The third-order valence-corrected chi connectivity index (χ3v) is 7.05. The predicted octanol–water partition coefficient (Wildman–Crippen LogP) is 8.38. The van der Waals surface area contributed by atoms with Crippen LogP contribution in [0.25, 0.3) is 0 Å². The van der Waals surface area contributed by atoms with Crippen molar-refractivity contribution in [1.82, 2.24) is 5.32 Å².